The molecule has 7 nitrogen and oxygen atoms in total. The molecule has 3 heterocycles. The number of benzene rings is 3. The Morgan fingerprint density at radius 3 is 2.48 bits per heavy atom. The fraction of sp³-hybridized carbons (Fsp3) is 0.371. The number of hydrogen-bond acceptors (Lipinski definition) is 4. The lowest BCUT2D eigenvalue weighted by atomic mass is 9.83. The molecule has 1 aliphatic carbocycles. The molecule has 1 saturated carbocycles. The number of hydrogen-bond donors (Lipinski definition) is 1. The zero-order valence-corrected chi connectivity index (χ0v) is 24.1. The Balaban J connectivity index is 1.38. The summed E-state index contributed by atoms with van der Waals surface area (Å²) in [5.74, 6) is 1.07. The average molecular weight is 564 g/mol. The van der Waals surface area contributed by atoms with E-state index in [1.54, 1.807) is 4.90 Å². The van der Waals surface area contributed by atoms with Crippen LogP contribution in [0.1, 0.15) is 72.1 Å². The number of nitrogens with zero attached hydrogens (tertiary/aromatic N) is 2. The molecule has 7 rings (SSSR count). The van der Waals surface area contributed by atoms with E-state index in [2.05, 4.69) is 35.0 Å². The number of ether oxygens (including phenoxy) is 2. The highest BCUT2D eigenvalue weighted by molar-refractivity contribution is 6.04. The van der Waals surface area contributed by atoms with Gasteiger partial charge in [-0.3, -0.25) is 9.59 Å². The molecule has 0 bridgehead atoms. The topological polar surface area (TPSA) is 72.8 Å². The van der Waals surface area contributed by atoms with E-state index < -0.39 is 5.54 Å². The highest BCUT2D eigenvalue weighted by atomic mass is 16.7. The third-order valence-corrected chi connectivity index (χ3v) is 9.22. The molecule has 216 valence electrons. The Morgan fingerprint density at radius 1 is 0.905 bits per heavy atom. The zero-order chi connectivity index (χ0) is 28.7. The summed E-state index contributed by atoms with van der Waals surface area (Å²) in [7, 11) is 0. The number of amides is 2. The number of nitrogens with one attached hydrogen (secondary N) is 1. The summed E-state index contributed by atoms with van der Waals surface area (Å²) in [6, 6.07) is 23.9. The van der Waals surface area contributed by atoms with Gasteiger partial charge in [0.05, 0.1) is 6.54 Å². The van der Waals surface area contributed by atoms with E-state index in [-0.39, 0.29) is 31.2 Å². The Hall–Kier alpha value is -4.26. The molecule has 2 amide bonds. The van der Waals surface area contributed by atoms with Gasteiger partial charge in [-0.25, -0.2) is 0 Å². The highest BCUT2D eigenvalue weighted by Crippen LogP contribution is 2.42. The molecule has 1 aromatic heterocycles. The summed E-state index contributed by atoms with van der Waals surface area (Å²) in [6.07, 6.45) is 7.79. The van der Waals surface area contributed by atoms with Crippen LogP contribution in [0.15, 0.2) is 72.8 Å². The number of carbonyl (C=O) groups is 2. The second-order valence-corrected chi connectivity index (χ2v) is 12.0. The van der Waals surface area contributed by atoms with Gasteiger partial charge in [0.1, 0.15) is 5.69 Å². The maximum absolute atomic E-state index is 14.9. The van der Waals surface area contributed by atoms with Crippen molar-refractivity contribution in [3.05, 3.63) is 95.2 Å². The van der Waals surface area contributed by atoms with Gasteiger partial charge >= 0.3 is 0 Å². The fourth-order valence-corrected chi connectivity index (χ4v) is 6.96. The maximum atomic E-state index is 14.9. The van der Waals surface area contributed by atoms with Crippen LogP contribution in [0.25, 0.3) is 10.9 Å². The second kappa shape index (κ2) is 10.9. The molecular formula is C35H37N3O4. The van der Waals surface area contributed by atoms with Gasteiger partial charge in [-0.05, 0) is 60.7 Å². The lowest BCUT2D eigenvalue weighted by Gasteiger charge is -2.47. The van der Waals surface area contributed by atoms with Gasteiger partial charge in [0, 0.05) is 23.5 Å². The monoisotopic (exact) mass is 563 g/mol. The molecule has 3 aliphatic rings. The van der Waals surface area contributed by atoms with Crippen molar-refractivity contribution in [2.24, 2.45) is 0 Å². The van der Waals surface area contributed by atoms with Crippen molar-refractivity contribution in [1.29, 1.82) is 0 Å². The van der Waals surface area contributed by atoms with Crippen LogP contribution in [0.2, 0.25) is 0 Å². The summed E-state index contributed by atoms with van der Waals surface area (Å²) >= 11 is 0. The molecule has 0 saturated heterocycles. The summed E-state index contributed by atoms with van der Waals surface area (Å²) in [6.45, 7) is 2.82. The van der Waals surface area contributed by atoms with Crippen molar-refractivity contribution in [1.82, 2.24) is 14.8 Å². The molecule has 0 spiro atoms. The van der Waals surface area contributed by atoms with Crippen LogP contribution >= 0.6 is 0 Å². The number of carbonyl (C=O) groups excluding carboxylic acids is 2. The fourth-order valence-electron chi connectivity index (χ4n) is 6.96. The van der Waals surface area contributed by atoms with Crippen LogP contribution in [0.3, 0.4) is 0 Å². The SMILES string of the molecule is Cc1ccc2cc3n(c2c1)C[C@](C(=O)NC1CCCCCCC1)(c1ccccc1)N(Cc1ccc2c(c1)OCO2)C3=O. The van der Waals surface area contributed by atoms with Crippen LogP contribution < -0.4 is 14.8 Å². The average Bonchev–Trinajstić information content (AvgIpc) is 3.60. The van der Waals surface area contributed by atoms with E-state index in [0.29, 0.717) is 23.7 Å². The molecule has 3 aromatic carbocycles. The molecule has 42 heavy (non-hydrogen) atoms. The standard InChI is InChI=1S/C35H37N3O4/c1-24-14-16-26-20-30-33(39)38(21-25-15-17-31-32(19-25)42-23-41-31)35(22-37(30)29(26)18-24,27-10-6-5-7-11-27)34(40)36-28-12-8-3-2-4-9-13-28/h5-7,10-11,14-20,28H,2-4,8-9,12-13,21-23H2,1H3,(H,36,40)/t35-/m1/s1. The van der Waals surface area contributed by atoms with E-state index in [9.17, 15) is 9.59 Å². The van der Waals surface area contributed by atoms with Gasteiger partial charge in [-0.1, -0.05) is 80.6 Å². The molecule has 1 fully saturated rings. The van der Waals surface area contributed by atoms with E-state index in [4.69, 9.17) is 9.47 Å². The van der Waals surface area contributed by atoms with E-state index in [0.717, 1.165) is 53.3 Å². The molecule has 1 N–H and O–H groups in total. The molecule has 1 atom stereocenters. The van der Waals surface area contributed by atoms with E-state index in [1.165, 1.54) is 19.3 Å². The normalized spacial score (nSPS) is 20.7. The Bertz CT molecular complexity index is 1640. The van der Waals surface area contributed by atoms with E-state index in [1.807, 2.05) is 54.6 Å². The first-order valence-corrected chi connectivity index (χ1v) is 15.2. The number of aromatic nitrogens is 1. The number of aryl methyl sites for hydroxylation is 1. The van der Waals surface area contributed by atoms with Crippen molar-refractivity contribution in [2.75, 3.05) is 6.79 Å². The van der Waals surface area contributed by atoms with Gasteiger partial charge in [-0.15, -0.1) is 0 Å². The van der Waals surface area contributed by atoms with Crippen LogP contribution in [0.5, 0.6) is 11.5 Å². The highest BCUT2D eigenvalue weighted by Gasteiger charge is 2.53. The first-order valence-electron chi connectivity index (χ1n) is 15.2. The molecular weight excluding hydrogens is 526 g/mol. The summed E-state index contributed by atoms with van der Waals surface area (Å²) in [5, 5.41) is 4.46. The third-order valence-electron chi connectivity index (χ3n) is 9.22. The van der Waals surface area contributed by atoms with Gasteiger partial charge < -0.3 is 24.3 Å². The Labute approximate surface area is 246 Å². The minimum atomic E-state index is -1.25. The minimum absolute atomic E-state index is 0.0888. The number of fused-ring (bicyclic) bond motifs is 4. The van der Waals surface area contributed by atoms with Crippen LogP contribution in [-0.2, 0) is 23.4 Å². The van der Waals surface area contributed by atoms with Gasteiger partial charge in [0.15, 0.2) is 17.0 Å². The van der Waals surface area contributed by atoms with Crippen molar-refractivity contribution in [2.45, 2.75) is 76.5 Å². The van der Waals surface area contributed by atoms with Crippen LogP contribution in [-0.4, -0.2) is 34.1 Å². The molecule has 0 unspecified atom stereocenters. The zero-order valence-electron chi connectivity index (χ0n) is 24.1. The molecule has 4 aromatic rings. The van der Waals surface area contributed by atoms with E-state index >= 15 is 0 Å². The first-order chi connectivity index (χ1) is 20.5. The van der Waals surface area contributed by atoms with Gasteiger partial charge in [0.2, 0.25) is 6.79 Å². The van der Waals surface area contributed by atoms with Crippen molar-refractivity contribution in [3.8, 4) is 11.5 Å². The smallest absolute Gasteiger partial charge is 0.272 e. The predicted octanol–water partition coefficient (Wildman–Crippen LogP) is 6.46. The van der Waals surface area contributed by atoms with Crippen molar-refractivity contribution in [3.63, 3.8) is 0 Å². The lowest BCUT2D eigenvalue weighted by Crippen LogP contribution is -2.64. The molecule has 7 heteroatoms. The largest absolute Gasteiger partial charge is 0.454 e. The lowest BCUT2D eigenvalue weighted by molar-refractivity contribution is -0.136. The molecule has 2 aliphatic heterocycles. The minimum Gasteiger partial charge on any atom is -0.454 e. The Morgan fingerprint density at radius 2 is 1.67 bits per heavy atom. The van der Waals surface area contributed by atoms with Crippen LogP contribution in [0, 0.1) is 6.92 Å². The van der Waals surface area contributed by atoms with Crippen molar-refractivity contribution < 1.29 is 19.1 Å². The third kappa shape index (κ3) is 4.61. The van der Waals surface area contributed by atoms with Gasteiger partial charge in [0.25, 0.3) is 11.8 Å². The summed E-state index contributed by atoms with van der Waals surface area (Å²) in [4.78, 5) is 31.3. The maximum Gasteiger partial charge on any atom is 0.272 e. The second-order valence-electron chi connectivity index (χ2n) is 12.0. The van der Waals surface area contributed by atoms with Crippen molar-refractivity contribution >= 4 is 22.7 Å². The summed E-state index contributed by atoms with van der Waals surface area (Å²) in [5.41, 5.74) is 3.12. The molecule has 0 radical (unpaired) electrons. The summed E-state index contributed by atoms with van der Waals surface area (Å²) < 4.78 is 13.3. The number of rotatable bonds is 5. The first kappa shape index (κ1) is 26.6. The quantitative estimate of drug-likeness (QED) is 0.303. The predicted molar refractivity (Wildman–Crippen MR) is 161 cm³/mol. The van der Waals surface area contributed by atoms with Gasteiger partial charge in [-0.2, -0.15) is 0 Å². The van der Waals surface area contributed by atoms with Crippen LogP contribution in [0.4, 0.5) is 0 Å². The Kier molecular flexibility index (Phi) is 6.88.